The van der Waals surface area contributed by atoms with Crippen LogP contribution in [0, 0.1) is 5.92 Å². The van der Waals surface area contributed by atoms with Gasteiger partial charge >= 0.3 is 0 Å². The molecule has 0 radical (unpaired) electrons. The van der Waals surface area contributed by atoms with Gasteiger partial charge in [0.2, 0.25) is 11.8 Å². The molecule has 2 aliphatic heterocycles. The molecule has 2 aromatic rings. The highest BCUT2D eigenvalue weighted by molar-refractivity contribution is 7.12. The van der Waals surface area contributed by atoms with E-state index in [1.807, 2.05) is 4.68 Å². The zero-order valence-electron chi connectivity index (χ0n) is 26.1. The number of carbonyl (C=O) groups is 4. The number of amides is 4. The first-order chi connectivity index (χ1) is 21.7. The van der Waals surface area contributed by atoms with Crippen LogP contribution in [-0.2, 0) is 29.0 Å². The van der Waals surface area contributed by atoms with Gasteiger partial charge in [-0.2, -0.15) is 5.10 Å². The molecule has 45 heavy (non-hydrogen) atoms. The third kappa shape index (κ3) is 7.96. The van der Waals surface area contributed by atoms with E-state index in [0.717, 1.165) is 17.7 Å². The second-order valence-corrected chi connectivity index (χ2v) is 13.1. The fraction of sp³-hybridized carbons (Fsp3) is 0.645. The highest BCUT2D eigenvalue weighted by Gasteiger charge is 2.32. The fourth-order valence-corrected chi connectivity index (χ4v) is 6.89. The molecule has 246 valence electrons. The number of thiophene rings is 1. The number of fused-ring (bicyclic) bond motifs is 2. The Morgan fingerprint density at radius 2 is 1.98 bits per heavy atom. The number of hydrogen-bond acceptors (Lipinski definition) is 9. The number of ether oxygens (including phenoxy) is 2. The van der Waals surface area contributed by atoms with Crippen LogP contribution >= 0.6 is 11.3 Å². The Labute approximate surface area is 267 Å². The standard InChI is InChI=1S/C31H44N6O7S/c1-20(2)8-12-37-23-7-6-21-17-22(23)27(34-37)30(41)32-9-13-35(31(42)29-28-24(19-45-29)43-15-16-44-28)10-3-5-26(40)36(11-4-14-38)18-25(39)33-21/h19-21,38H,3-18H2,1-2H3,(H,32,41)(H,33,39). The summed E-state index contributed by atoms with van der Waals surface area (Å²) >= 11 is 1.24. The Hall–Kier alpha value is -3.65. The number of aliphatic hydroxyl groups is 1. The molecule has 1 atom stereocenters. The molecule has 0 saturated heterocycles. The van der Waals surface area contributed by atoms with Crippen LogP contribution < -0.4 is 20.1 Å². The number of rotatable bonds is 7. The molecule has 1 aliphatic carbocycles. The van der Waals surface area contributed by atoms with Gasteiger partial charge < -0.3 is 35.0 Å². The van der Waals surface area contributed by atoms with E-state index in [4.69, 9.17) is 14.6 Å². The van der Waals surface area contributed by atoms with Crippen molar-refractivity contribution in [2.45, 2.75) is 71.4 Å². The van der Waals surface area contributed by atoms with Crippen LogP contribution in [0.3, 0.4) is 0 Å². The lowest BCUT2D eigenvalue weighted by molar-refractivity contribution is -0.136. The molecule has 4 amide bonds. The SMILES string of the molecule is CC(C)CCn1nc2c3c1CCC(C3)NC(=O)CN(CCCO)C(=O)CCCN(C(=O)c1scc3c1OCCO3)CCNC2=O. The largest absolute Gasteiger partial charge is 0.485 e. The summed E-state index contributed by atoms with van der Waals surface area (Å²) in [6.45, 7) is 6.47. The van der Waals surface area contributed by atoms with Gasteiger partial charge in [-0.05, 0) is 44.4 Å². The molecule has 0 fully saturated rings. The molecule has 13 nitrogen and oxygen atoms in total. The van der Waals surface area contributed by atoms with Gasteiger partial charge in [0.25, 0.3) is 11.8 Å². The average Bonchev–Trinajstić information content (AvgIpc) is 3.62. The van der Waals surface area contributed by atoms with E-state index in [2.05, 4.69) is 24.5 Å². The Bertz CT molecular complexity index is 1390. The van der Waals surface area contributed by atoms with Crippen LogP contribution in [0.15, 0.2) is 5.38 Å². The molecule has 5 rings (SSSR count). The monoisotopic (exact) mass is 644 g/mol. The van der Waals surface area contributed by atoms with E-state index in [0.29, 0.717) is 79.9 Å². The van der Waals surface area contributed by atoms with Gasteiger partial charge in [-0.3, -0.25) is 23.9 Å². The van der Waals surface area contributed by atoms with Crippen molar-refractivity contribution >= 4 is 35.0 Å². The second kappa shape index (κ2) is 15.1. The van der Waals surface area contributed by atoms with Crippen molar-refractivity contribution in [3.8, 4) is 11.5 Å². The normalized spacial score (nSPS) is 19.7. The first-order valence-electron chi connectivity index (χ1n) is 16.0. The van der Waals surface area contributed by atoms with Gasteiger partial charge in [-0.1, -0.05) is 13.8 Å². The van der Waals surface area contributed by atoms with Crippen LogP contribution in [0.5, 0.6) is 11.5 Å². The summed E-state index contributed by atoms with van der Waals surface area (Å²) < 4.78 is 13.3. The maximum absolute atomic E-state index is 13.7. The first kappa shape index (κ1) is 32.7. The lowest BCUT2D eigenvalue weighted by Gasteiger charge is -2.27. The van der Waals surface area contributed by atoms with Gasteiger partial charge in [0.1, 0.15) is 18.1 Å². The second-order valence-electron chi connectivity index (χ2n) is 12.2. The summed E-state index contributed by atoms with van der Waals surface area (Å²) in [4.78, 5) is 57.2. The van der Waals surface area contributed by atoms with Gasteiger partial charge in [0.15, 0.2) is 17.2 Å². The Morgan fingerprint density at radius 1 is 1.16 bits per heavy atom. The van der Waals surface area contributed by atoms with Crippen molar-refractivity contribution in [3.05, 3.63) is 27.2 Å². The minimum Gasteiger partial charge on any atom is -0.485 e. The van der Waals surface area contributed by atoms with E-state index in [-0.39, 0.29) is 75.4 Å². The molecule has 3 N–H and O–H groups in total. The summed E-state index contributed by atoms with van der Waals surface area (Å²) in [5, 5.41) is 21.9. The molecule has 2 aromatic heterocycles. The Kier molecular flexibility index (Phi) is 11.0. The lowest BCUT2D eigenvalue weighted by atomic mass is 9.91. The van der Waals surface area contributed by atoms with Crippen LogP contribution in [0.4, 0.5) is 0 Å². The van der Waals surface area contributed by atoms with Gasteiger partial charge in [-0.25, -0.2) is 0 Å². The summed E-state index contributed by atoms with van der Waals surface area (Å²) in [6, 6.07) is -0.194. The van der Waals surface area contributed by atoms with Gasteiger partial charge in [0, 0.05) is 68.4 Å². The molecule has 4 heterocycles. The predicted octanol–water partition coefficient (Wildman–Crippen LogP) is 1.61. The number of aromatic nitrogens is 2. The number of carbonyl (C=O) groups excluding carboxylic acids is 4. The van der Waals surface area contributed by atoms with E-state index in [1.165, 1.54) is 16.2 Å². The number of aliphatic hydroxyl groups excluding tert-OH is 1. The highest BCUT2D eigenvalue weighted by Crippen LogP contribution is 2.40. The molecule has 0 spiro atoms. The molecule has 1 unspecified atom stereocenters. The quantitative estimate of drug-likeness (QED) is 0.411. The van der Waals surface area contributed by atoms with E-state index >= 15 is 0 Å². The maximum atomic E-state index is 13.7. The third-order valence-corrected chi connectivity index (χ3v) is 9.31. The summed E-state index contributed by atoms with van der Waals surface area (Å²) in [5.74, 6) is 0.371. The smallest absolute Gasteiger partial charge is 0.272 e. The average molecular weight is 645 g/mol. The topological polar surface area (TPSA) is 155 Å². The van der Waals surface area contributed by atoms with Gasteiger partial charge in [-0.15, -0.1) is 11.3 Å². The molecular formula is C31H44N6O7S. The van der Waals surface area contributed by atoms with Crippen LogP contribution in [-0.4, -0.2) is 107 Å². The van der Waals surface area contributed by atoms with Crippen molar-refractivity contribution in [1.29, 1.82) is 0 Å². The molecule has 2 bridgehead atoms. The van der Waals surface area contributed by atoms with E-state index < -0.39 is 0 Å². The molecule has 0 aromatic carbocycles. The summed E-state index contributed by atoms with van der Waals surface area (Å²) in [5.41, 5.74) is 2.21. The minimum absolute atomic E-state index is 0.0966. The highest BCUT2D eigenvalue weighted by atomic mass is 32.1. The van der Waals surface area contributed by atoms with Crippen molar-refractivity contribution in [1.82, 2.24) is 30.2 Å². The fourth-order valence-electron chi connectivity index (χ4n) is 6.00. The zero-order chi connectivity index (χ0) is 31.9. The number of nitrogens with zero attached hydrogens (tertiary/aromatic N) is 4. The summed E-state index contributed by atoms with van der Waals surface area (Å²) in [7, 11) is 0. The molecule has 14 heteroatoms. The van der Waals surface area contributed by atoms with Gasteiger partial charge in [0.05, 0.1) is 6.54 Å². The van der Waals surface area contributed by atoms with Crippen molar-refractivity contribution < 1.29 is 33.8 Å². The van der Waals surface area contributed by atoms with Crippen LogP contribution in [0.25, 0.3) is 0 Å². The Morgan fingerprint density at radius 3 is 2.78 bits per heavy atom. The lowest BCUT2D eigenvalue weighted by Crippen LogP contribution is -2.46. The first-order valence-corrected chi connectivity index (χ1v) is 16.8. The number of aryl methyl sites for hydroxylation is 1. The van der Waals surface area contributed by atoms with Crippen LogP contribution in [0.2, 0.25) is 0 Å². The van der Waals surface area contributed by atoms with Crippen molar-refractivity contribution in [2.24, 2.45) is 5.92 Å². The predicted molar refractivity (Wildman–Crippen MR) is 167 cm³/mol. The molecule has 0 saturated carbocycles. The number of nitrogens with one attached hydrogen (secondary N) is 2. The zero-order valence-corrected chi connectivity index (χ0v) is 27.0. The maximum Gasteiger partial charge on any atom is 0.272 e. The minimum atomic E-state index is -0.311. The molecular weight excluding hydrogens is 600 g/mol. The van der Waals surface area contributed by atoms with Crippen LogP contribution in [0.1, 0.15) is 77.4 Å². The van der Waals surface area contributed by atoms with E-state index in [1.54, 1.807) is 10.3 Å². The molecule has 3 aliphatic rings. The van der Waals surface area contributed by atoms with E-state index in [9.17, 15) is 24.3 Å². The summed E-state index contributed by atoms with van der Waals surface area (Å²) in [6.07, 6.45) is 3.60. The van der Waals surface area contributed by atoms with Crippen molar-refractivity contribution in [2.75, 3.05) is 52.5 Å². The Balaban J connectivity index is 1.41. The van der Waals surface area contributed by atoms with Crippen molar-refractivity contribution in [3.63, 3.8) is 0 Å². The third-order valence-electron chi connectivity index (χ3n) is 8.39. The number of hydrogen-bond donors (Lipinski definition) is 3.